The monoisotopic (exact) mass is 233 g/mol. The smallest absolute Gasteiger partial charge is 0.0625 e. The Kier molecular flexibility index (Phi) is 3.72. The number of aryl methyl sites for hydroxylation is 1. The van der Waals surface area contributed by atoms with Gasteiger partial charge in [0.15, 0.2) is 0 Å². The van der Waals surface area contributed by atoms with Gasteiger partial charge >= 0.3 is 0 Å². The van der Waals surface area contributed by atoms with E-state index in [1.165, 1.54) is 29.7 Å². The minimum absolute atomic E-state index is 0.0230. The molecule has 94 valence electrons. The lowest BCUT2D eigenvalue weighted by atomic mass is 9.91. The van der Waals surface area contributed by atoms with Gasteiger partial charge in [0, 0.05) is 19.3 Å². The highest BCUT2D eigenvalue weighted by molar-refractivity contribution is 5.56. The van der Waals surface area contributed by atoms with Crippen molar-refractivity contribution in [2.24, 2.45) is 0 Å². The summed E-state index contributed by atoms with van der Waals surface area (Å²) in [5, 5.41) is 3.48. The lowest BCUT2D eigenvalue weighted by Gasteiger charge is -2.25. The van der Waals surface area contributed by atoms with E-state index in [-0.39, 0.29) is 5.60 Å². The Hall–Kier alpha value is -1.02. The van der Waals surface area contributed by atoms with E-state index in [1.54, 1.807) is 7.11 Å². The molecule has 0 spiro atoms. The molecule has 1 aromatic rings. The van der Waals surface area contributed by atoms with E-state index in [9.17, 15) is 0 Å². The Labute approximate surface area is 104 Å². The Morgan fingerprint density at radius 1 is 1.35 bits per heavy atom. The fraction of sp³-hybridized carbons (Fsp3) is 0.600. The molecule has 2 nitrogen and oxygen atoms in total. The molecular weight excluding hydrogens is 210 g/mol. The number of anilines is 1. The number of hydrogen-bond acceptors (Lipinski definition) is 2. The molecule has 0 bridgehead atoms. The second-order valence-corrected chi connectivity index (χ2v) is 5.44. The summed E-state index contributed by atoms with van der Waals surface area (Å²) in [5.74, 6) is 0. The molecule has 0 aromatic heterocycles. The van der Waals surface area contributed by atoms with Crippen molar-refractivity contribution in [2.45, 2.75) is 45.1 Å². The van der Waals surface area contributed by atoms with Gasteiger partial charge in [0.05, 0.1) is 5.60 Å². The largest absolute Gasteiger partial charge is 0.385 e. The maximum Gasteiger partial charge on any atom is 0.0625 e. The third-order valence-corrected chi connectivity index (χ3v) is 3.74. The van der Waals surface area contributed by atoms with Crippen LogP contribution in [0.1, 0.15) is 37.8 Å². The summed E-state index contributed by atoms with van der Waals surface area (Å²) < 4.78 is 5.49. The predicted molar refractivity (Wildman–Crippen MR) is 72.7 cm³/mol. The van der Waals surface area contributed by atoms with Crippen LogP contribution in [0.25, 0.3) is 0 Å². The summed E-state index contributed by atoms with van der Waals surface area (Å²) >= 11 is 0. The van der Waals surface area contributed by atoms with Gasteiger partial charge in [-0.3, -0.25) is 0 Å². The van der Waals surface area contributed by atoms with Crippen LogP contribution in [0.3, 0.4) is 0 Å². The zero-order chi connectivity index (χ0) is 12.3. The number of fused-ring (bicyclic) bond motifs is 1. The first-order valence-electron chi connectivity index (χ1n) is 6.52. The van der Waals surface area contributed by atoms with Crippen LogP contribution in [-0.4, -0.2) is 19.3 Å². The number of ether oxygens (including phenoxy) is 1. The summed E-state index contributed by atoms with van der Waals surface area (Å²) in [6.07, 6.45) is 4.63. The molecule has 0 saturated carbocycles. The number of hydrogen-bond donors (Lipinski definition) is 1. The van der Waals surface area contributed by atoms with E-state index in [4.69, 9.17) is 4.74 Å². The van der Waals surface area contributed by atoms with Gasteiger partial charge in [-0.05, 0) is 56.7 Å². The van der Waals surface area contributed by atoms with E-state index in [0.29, 0.717) is 0 Å². The molecule has 17 heavy (non-hydrogen) atoms. The Morgan fingerprint density at radius 3 is 2.94 bits per heavy atom. The molecule has 0 aliphatic carbocycles. The van der Waals surface area contributed by atoms with E-state index < -0.39 is 0 Å². The minimum atomic E-state index is -0.0230. The third-order valence-electron chi connectivity index (χ3n) is 3.74. The van der Waals surface area contributed by atoms with Crippen molar-refractivity contribution in [1.29, 1.82) is 0 Å². The van der Waals surface area contributed by atoms with Crippen LogP contribution in [0.4, 0.5) is 5.69 Å². The normalized spacial score (nSPS) is 15.2. The van der Waals surface area contributed by atoms with Crippen molar-refractivity contribution < 1.29 is 4.74 Å². The van der Waals surface area contributed by atoms with Gasteiger partial charge in [-0.25, -0.2) is 0 Å². The molecule has 1 aliphatic heterocycles. The molecule has 0 unspecified atom stereocenters. The maximum atomic E-state index is 5.49. The molecule has 2 rings (SSSR count). The quantitative estimate of drug-likeness (QED) is 0.860. The summed E-state index contributed by atoms with van der Waals surface area (Å²) in [4.78, 5) is 0. The lowest BCUT2D eigenvalue weighted by molar-refractivity contribution is 0.0157. The molecule has 1 heterocycles. The number of benzene rings is 1. The average molecular weight is 233 g/mol. The first-order chi connectivity index (χ1) is 8.12. The summed E-state index contributed by atoms with van der Waals surface area (Å²) in [7, 11) is 1.79. The molecule has 0 amide bonds. The molecule has 0 saturated heterocycles. The van der Waals surface area contributed by atoms with Gasteiger partial charge in [0.1, 0.15) is 0 Å². The topological polar surface area (TPSA) is 21.3 Å². The van der Waals surface area contributed by atoms with E-state index in [0.717, 1.165) is 19.4 Å². The van der Waals surface area contributed by atoms with Crippen LogP contribution in [0.5, 0.6) is 0 Å². The summed E-state index contributed by atoms with van der Waals surface area (Å²) in [6.45, 7) is 5.42. The fourth-order valence-electron chi connectivity index (χ4n) is 2.36. The molecule has 0 fully saturated rings. The van der Waals surface area contributed by atoms with E-state index >= 15 is 0 Å². The zero-order valence-electron chi connectivity index (χ0n) is 11.2. The summed E-state index contributed by atoms with van der Waals surface area (Å²) in [6, 6.07) is 6.61. The average Bonchev–Trinajstić information content (AvgIpc) is 2.36. The number of methoxy groups -OCH3 is 1. The first kappa shape index (κ1) is 12.4. The van der Waals surface area contributed by atoms with E-state index in [2.05, 4.69) is 37.4 Å². The maximum absolute atomic E-state index is 5.49. The van der Waals surface area contributed by atoms with Gasteiger partial charge < -0.3 is 10.1 Å². The van der Waals surface area contributed by atoms with Crippen molar-refractivity contribution in [3.63, 3.8) is 0 Å². The minimum Gasteiger partial charge on any atom is -0.385 e. The second kappa shape index (κ2) is 5.09. The molecular formula is C15H23NO. The fourth-order valence-corrected chi connectivity index (χ4v) is 2.36. The highest BCUT2D eigenvalue weighted by Gasteiger charge is 2.18. The molecule has 2 heteroatoms. The van der Waals surface area contributed by atoms with Crippen LogP contribution in [0, 0.1) is 0 Å². The van der Waals surface area contributed by atoms with Gasteiger partial charge in [-0.2, -0.15) is 0 Å². The van der Waals surface area contributed by atoms with Gasteiger partial charge in [-0.15, -0.1) is 0 Å². The zero-order valence-corrected chi connectivity index (χ0v) is 11.2. The Morgan fingerprint density at radius 2 is 2.18 bits per heavy atom. The van der Waals surface area contributed by atoms with Crippen LogP contribution >= 0.6 is 0 Å². The molecule has 0 radical (unpaired) electrons. The van der Waals surface area contributed by atoms with Crippen LogP contribution in [-0.2, 0) is 17.6 Å². The molecule has 1 N–H and O–H groups in total. The van der Waals surface area contributed by atoms with Gasteiger partial charge in [0.2, 0.25) is 0 Å². The molecule has 1 aliphatic rings. The highest BCUT2D eigenvalue weighted by atomic mass is 16.5. The molecule has 1 aromatic carbocycles. The van der Waals surface area contributed by atoms with Crippen LogP contribution in [0.2, 0.25) is 0 Å². The van der Waals surface area contributed by atoms with Crippen molar-refractivity contribution in [3.8, 4) is 0 Å². The van der Waals surface area contributed by atoms with Crippen LogP contribution in [0.15, 0.2) is 18.2 Å². The van der Waals surface area contributed by atoms with Crippen LogP contribution < -0.4 is 5.32 Å². The summed E-state index contributed by atoms with van der Waals surface area (Å²) in [5.41, 5.74) is 4.32. The number of rotatable bonds is 4. The highest BCUT2D eigenvalue weighted by Crippen LogP contribution is 2.27. The van der Waals surface area contributed by atoms with Gasteiger partial charge in [-0.1, -0.05) is 12.1 Å². The Balaban J connectivity index is 2.11. The van der Waals surface area contributed by atoms with Crippen molar-refractivity contribution in [1.82, 2.24) is 0 Å². The van der Waals surface area contributed by atoms with Crippen molar-refractivity contribution >= 4 is 5.69 Å². The van der Waals surface area contributed by atoms with Gasteiger partial charge in [0.25, 0.3) is 0 Å². The van der Waals surface area contributed by atoms with E-state index in [1.807, 2.05) is 0 Å². The van der Waals surface area contributed by atoms with Crippen molar-refractivity contribution in [2.75, 3.05) is 19.0 Å². The SMILES string of the molecule is COC(C)(C)CCc1cccc2c1CCCN2. The Bertz CT molecular complexity index is 385. The van der Waals surface area contributed by atoms with Crippen molar-refractivity contribution in [3.05, 3.63) is 29.3 Å². The second-order valence-electron chi connectivity index (χ2n) is 5.44. The molecule has 0 atom stereocenters. The first-order valence-corrected chi connectivity index (χ1v) is 6.52. The predicted octanol–water partition coefficient (Wildman–Crippen LogP) is 3.40. The lowest BCUT2D eigenvalue weighted by Crippen LogP contribution is -2.23. The standard InChI is InChI=1S/C15H23NO/c1-15(2,17-3)10-9-12-6-4-8-14-13(12)7-5-11-16-14/h4,6,8,16H,5,7,9-11H2,1-3H3. The third kappa shape index (κ3) is 3.01. The number of nitrogens with one attached hydrogen (secondary N) is 1.